The molecule has 2 atom stereocenters. The topological polar surface area (TPSA) is 62.4 Å². The second-order valence-corrected chi connectivity index (χ2v) is 12.3. The fraction of sp³-hybridized carbons (Fsp3) is 0.429. The highest BCUT2D eigenvalue weighted by molar-refractivity contribution is 7.13. The van der Waals surface area contributed by atoms with Crippen molar-refractivity contribution in [3.05, 3.63) is 85.7 Å². The lowest BCUT2D eigenvalue weighted by Crippen LogP contribution is -2.43. The number of halogens is 3. The summed E-state index contributed by atoms with van der Waals surface area (Å²) in [5.74, 6) is 0.439. The van der Waals surface area contributed by atoms with Crippen LogP contribution in [0.3, 0.4) is 0 Å². The molecule has 2 aliphatic heterocycles. The lowest BCUT2D eigenvalue weighted by molar-refractivity contribution is -0.236. The van der Waals surface area contributed by atoms with Crippen molar-refractivity contribution >= 4 is 35.3 Å². The maximum Gasteiger partial charge on any atom is 0.430 e. The molecule has 0 radical (unpaired) electrons. The molecule has 1 aromatic heterocycles. The van der Waals surface area contributed by atoms with Crippen molar-refractivity contribution in [1.82, 2.24) is 0 Å². The summed E-state index contributed by atoms with van der Waals surface area (Å²) in [7, 11) is 0. The number of unbranched alkanes of at least 4 members (excludes halogenated alkanes) is 2. The predicted octanol–water partition coefficient (Wildman–Crippen LogP) is 9.44. The number of thiophene rings is 1. The Labute approximate surface area is 267 Å². The molecular weight excluding hydrogens is 599 g/mol. The number of benzene rings is 1. The van der Waals surface area contributed by atoms with Gasteiger partial charge in [-0.15, -0.1) is 11.3 Å². The number of nitriles is 1. The number of epoxide rings is 1. The van der Waals surface area contributed by atoms with Crippen LogP contribution in [0.15, 0.2) is 59.0 Å². The molecule has 3 heterocycles. The van der Waals surface area contributed by atoms with Crippen LogP contribution in [0.5, 0.6) is 5.75 Å². The lowest BCUT2D eigenvalue weighted by Gasteiger charge is -2.29. The fourth-order valence-corrected chi connectivity index (χ4v) is 5.62. The molecule has 2 aromatic rings. The van der Waals surface area contributed by atoms with Gasteiger partial charge in [-0.1, -0.05) is 32.8 Å². The summed E-state index contributed by atoms with van der Waals surface area (Å²) in [5, 5.41) is 9.25. The summed E-state index contributed by atoms with van der Waals surface area (Å²) < 4.78 is 59.1. The molecule has 45 heavy (non-hydrogen) atoms. The van der Waals surface area contributed by atoms with Gasteiger partial charge in [-0.25, -0.2) is 4.85 Å². The van der Waals surface area contributed by atoms with E-state index in [-0.39, 0.29) is 28.7 Å². The van der Waals surface area contributed by atoms with Gasteiger partial charge >= 0.3 is 6.18 Å². The van der Waals surface area contributed by atoms with E-state index in [1.54, 1.807) is 18.2 Å². The Kier molecular flexibility index (Phi) is 11.2. The predicted molar refractivity (Wildman–Crippen MR) is 173 cm³/mol. The van der Waals surface area contributed by atoms with E-state index in [0.29, 0.717) is 18.1 Å². The van der Waals surface area contributed by atoms with Gasteiger partial charge in [0.25, 0.3) is 0 Å². The number of allylic oxidation sites excluding steroid dienone is 1. The Morgan fingerprint density at radius 2 is 1.78 bits per heavy atom. The lowest BCUT2D eigenvalue weighted by atomic mass is 9.94. The zero-order valence-corrected chi connectivity index (χ0v) is 26.9. The van der Waals surface area contributed by atoms with Crippen molar-refractivity contribution < 1.29 is 27.4 Å². The largest absolute Gasteiger partial charge is 0.490 e. The minimum atomic E-state index is -4.80. The van der Waals surface area contributed by atoms with Crippen LogP contribution in [0.4, 0.5) is 18.9 Å². The van der Waals surface area contributed by atoms with Gasteiger partial charge in [0.1, 0.15) is 24.2 Å². The summed E-state index contributed by atoms with van der Waals surface area (Å²) in [6, 6.07) is 11.8. The van der Waals surface area contributed by atoms with E-state index in [0.717, 1.165) is 67.6 Å². The first-order valence-electron chi connectivity index (χ1n) is 15.1. The molecule has 0 N–H and O–H groups in total. The minimum Gasteiger partial charge on any atom is -0.490 e. The first-order chi connectivity index (χ1) is 21.5. The SMILES string of the molecule is [C-]#[N+]C1=C(/C=C/c2ccc(/C=C/c3ccc(N(CCCC)CCCC)cc3OCC3CO3)s2)C(C)(C(F)(F)F)O/C1=C(\C)C#N. The average molecular weight is 638 g/mol. The number of rotatable bonds is 14. The summed E-state index contributed by atoms with van der Waals surface area (Å²) in [5.41, 5.74) is -1.42. The minimum absolute atomic E-state index is 0.0842. The van der Waals surface area contributed by atoms with Gasteiger partial charge in [-0.05, 0) is 69.2 Å². The Balaban J connectivity index is 1.59. The second-order valence-electron chi connectivity index (χ2n) is 11.2. The summed E-state index contributed by atoms with van der Waals surface area (Å²) in [4.78, 5) is 7.31. The molecule has 6 nitrogen and oxygen atoms in total. The molecule has 1 fully saturated rings. The van der Waals surface area contributed by atoms with E-state index in [1.165, 1.54) is 24.3 Å². The van der Waals surface area contributed by atoms with Crippen molar-refractivity contribution in [3.8, 4) is 11.8 Å². The Bertz CT molecular complexity index is 1560. The van der Waals surface area contributed by atoms with E-state index in [2.05, 4.69) is 41.8 Å². The van der Waals surface area contributed by atoms with Crippen molar-refractivity contribution in [1.29, 1.82) is 5.26 Å². The van der Waals surface area contributed by atoms with E-state index < -0.39 is 11.8 Å². The number of anilines is 1. The number of hydrogen-bond donors (Lipinski definition) is 0. The van der Waals surface area contributed by atoms with Crippen LogP contribution in [0, 0.1) is 17.9 Å². The van der Waals surface area contributed by atoms with E-state index in [1.807, 2.05) is 18.2 Å². The summed E-state index contributed by atoms with van der Waals surface area (Å²) in [6.45, 7) is 17.3. The smallest absolute Gasteiger partial charge is 0.430 e. The third-order valence-electron chi connectivity index (χ3n) is 7.69. The van der Waals surface area contributed by atoms with Crippen LogP contribution in [-0.4, -0.2) is 44.2 Å². The Morgan fingerprint density at radius 3 is 2.33 bits per heavy atom. The van der Waals surface area contributed by atoms with Crippen molar-refractivity contribution in [2.75, 3.05) is 31.2 Å². The quantitative estimate of drug-likeness (QED) is 0.117. The third-order valence-corrected chi connectivity index (χ3v) is 8.71. The molecule has 4 rings (SSSR count). The maximum atomic E-state index is 14.1. The molecular formula is C35H38F3N3O3S. The van der Waals surface area contributed by atoms with Gasteiger partial charge in [-0.3, -0.25) is 0 Å². The van der Waals surface area contributed by atoms with Crippen LogP contribution in [0.1, 0.15) is 68.7 Å². The number of hydrogen-bond acceptors (Lipinski definition) is 6. The maximum absolute atomic E-state index is 14.1. The van der Waals surface area contributed by atoms with E-state index in [9.17, 15) is 18.4 Å². The van der Waals surface area contributed by atoms with Gasteiger partial charge in [-0.2, -0.15) is 18.4 Å². The van der Waals surface area contributed by atoms with Crippen LogP contribution in [-0.2, 0) is 9.47 Å². The highest BCUT2D eigenvalue weighted by Gasteiger charge is 2.60. The monoisotopic (exact) mass is 637 g/mol. The van der Waals surface area contributed by atoms with Gasteiger partial charge in [0.15, 0.2) is 0 Å². The number of ether oxygens (including phenoxy) is 3. The fourth-order valence-electron chi connectivity index (χ4n) is 4.80. The molecule has 0 bridgehead atoms. The zero-order valence-electron chi connectivity index (χ0n) is 26.0. The van der Waals surface area contributed by atoms with Gasteiger partial charge < -0.3 is 19.1 Å². The molecule has 2 aliphatic rings. The van der Waals surface area contributed by atoms with Crippen LogP contribution in [0.25, 0.3) is 23.1 Å². The van der Waals surface area contributed by atoms with Gasteiger partial charge in [0, 0.05) is 45.7 Å². The van der Waals surface area contributed by atoms with Crippen molar-refractivity contribution in [3.63, 3.8) is 0 Å². The standard InChI is InChI=1S/C35H38F3N3O3S/c1-6-8-18-41(19-9-7-2)26-12-10-25(31(20-26)43-23-27-22-42-27)11-13-28-14-15-29(45-28)16-17-30-32(40-5)33(24(3)21-39)44-34(30,4)35(36,37)38/h10-17,20,27H,6-9,18-19,22-23H2,1-4H3/b13-11+,17-16+,33-24+. The van der Waals surface area contributed by atoms with Gasteiger partial charge in [0.05, 0.1) is 24.8 Å². The first kappa shape index (κ1) is 33.9. The molecule has 0 saturated carbocycles. The molecule has 1 saturated heterocycles. The highest BCUT2D eigenvalue weighted by atomic mass is 32.1. The zero-order chi connectivity index (χ0) is 32.6. The normalized spacial score (nSPS) is 20.8. The second kappa shape index (κ2) is 14.9. The Morgan fingerprint density at radius 1 is 1.13 bits per heavy atom. The number of alkyl halides is 3. The van der Waals surface area contributed by atoms with E-state index in [4.69, 9.17) is 20.8 Å². The van der Waals surface area contributed by atoms with Crippen LogP contribution < -0.4 is 9.64 Å². The molecule has 0 spiro atoms. The Hall–Kier alpha value is -3.99. The molecule has 238 valence electrons. The summed E-state index contributed by atoms with van der Waals surface area (Å²) >= 11 is 1.39. The third kappa shape index (κ3) is 8.19. The average Bonchev–Trinajstić information content (AvgIpc) is 3.66. The molecule has 1 aromatic carbocycles. The highest BCUT2D eigenvalue weighted by Crippen LogP contribution is 2.50. The molecule has 0 amide bonds. The first-order valence-corrected chi connectivity index (χ1v) is 15.9. The molecule has 2 unspecified atom stereocenters. The molecule has 0 aliphatic carbocycles. The van der Waals surface area contributed by atoms with Crippen LogP contribution in [0.2, 0.25) is 0 Å². The molecule has 10 heteroatoms. The van der Waals surface area contributed by atoms with Crippen molar-refractivity contribution in [2.45, 2.75) is 71.3 Å². The van der Waals surface area contributed by atoms with Gasteiger partial charge in [0.2, 0.25) is 11.3 Å². The van der Waals surface area contributed by atoms with Crippen LogP contribution >= 0.6 is 11.3 Å². The summed E-state index contributed by atoms with van der Waals surface area (Å²) in [6.07, 6.45) is 6.52. The number of nitrogens with zero attached hydrogens (tertiary/aromatic N) is 3. The van der Waals surface area contributed by atoms with Crippen molar-refractivity contribution in [2.24, 2.45) is 0 Å². The van der Waals surface area contributed by atoms with E-state index >= 15 is 0 Å².